The fraction of sp³-hybridized carbons (Fsp3) is 0.500. The minimum atomic E-state index is -0.0442. The van der Waals surface area contributed by atoms with Crippen molar-refractivity contribution in [2.24, 2.45) is 5.92 Å². The Balaban J connectivity index is 1.19. The van der Waals surface area contributed by atoms with Crippen molar-refractivity contribution in [3.63, 3.8) is 0 Å². The van der Waals surface area contributed by atoms with Gasteiger partial charge in [0.2, 0.25) is 12.7 Å². The normalized spacial score (nSPS) is 20.1. The number of amides is 2. The zero-order valence-electron chi connectivity index (χ0n) is 17.7. The molecular formula is C24H28N2O4S. The number of hydrogen-bond donors (Lipinski definition) is 1. The number of hydrogen-bond acceptors (Lipinski definition) is 5. The van der Waals surface area contributed by atoms with Gasteiger partial charge in [-0.2, -0.15) is 0 Å². The molecular weight excluding hydrogens is 412 g/mol. The predicted octanol–water partition coefficient (Wildman–Crippen LogP) is 3.91. The van der Waals surface area contributed by atoms with Gasteiger partial charge >= 0.3 is 0 Å². The standard InChI is InChI=1S/C24H28N2O4S/c27-23(25-14-16-5-7-19-20(11-16)30-15-29-19)17-6-8-21-18(12-17)13-22(31-21)24(28)26-9-3-1-2-4-10-26/h5,7,11,13,17H,1-4,6,8-10,12,14-15H2,(H,25,27). The van der Waals surface area contributed by atoms with E-state index in [4.69, 9.17) is 9.47 Å². The zero-order valence-corrected chi connectivity index (χ0v) is 18.5. The summed E-state index contributed by atoms with van der Waals surface area (Å²) in [5, 5.41) is 3.07. The predicted molar refractivity (Wildman–Crippen MR) is 119 cm³/mol. The summed E-state index contributed by atoms with van der Waals surface area (Å²) < 4.78 is 10.7. The van der Waals surface area contributed by atoms with E-state index >= 15 is 0 Å². The highest BCUT2D eigenvalue weighted by atomic mass is 32.1. The van der Waals surface area contributed by atoms with E-state index in [9.17, 15) is 9.59 Å². The third-order valence-corrected chi connectivity index (χ3v) is 7.69. The van der Waals surface area contributed by atoms with Crippen LogP contribution < -0.4 is 14.8 Å². The largest absolute Gasteiger partial charge is 0.454 e. The van der Waals surface area contributed by atoms with Gasteiger partial charge in [-0.05, 0) is 61.4 Å². The van der Waals surface area contributed by atoms with Crippen molar-refractivity contribution in [1.82, 2.24) is 10.2 Å². The Hall–Kier alpha value is -2.54. The molecule has 1 saturated heterocycles. The topological polar surface area (TPSA) is 67.9 Å². The number of thiophene rings is 1. The molecule has 1 unspecified atom stereocenters. The van der Waals surface area contributed by atoms with Crippen LogP contribution in [0.3, 0.4) is 0 Å². The van der Waals surface area contributed by atoms with Crippen LogP contribution in [-0.2, 0) is 24.2 Å². The van der Waals surface area contributed by atoms with Crippen LogP contribution in [0.15, 0.2) is 24.3 Å². The highest BCUT2D eigenvalue weighted by Gasteiger charge is 2.28. The molecule has 3 heterocycles. The molecule has 0 radical (unpaired) electrons. The van der Waals surface area contributed by atoms with Crippen LogP contribution in [0.1, 0.15) is 57.8 Å². The summed E-state index contributed by atoms with van der Waals surface area (Å²) in [6.45, 7) is 2.46. The third-order valence-electron chi connectivity index (χ3n) is 6.46. The van der Waals surface area contributed by atoms with Crippen LogP contribution >= 0.6 is 11.3 Å². The smallest absolute Gasteiger partial charge is 0.263 e. The number of benzene rings is 1. The Bertz CT molecular complexity index is 978. The Morgan fingerprint density at radius 2 is 1.87 bits per heavy atom. The van der Waals surface area contributed by atoms with Gasteiger partial charge in [-0.3, -0.25) is 9.59 Å². The Labute approximate surface area is 186 Å². The summed E-state index contributed by atoms with van der Waals surface area (Å²) >= 11 is 1.63. The van der Waals surface area contributed by atoms with Crippen molar-refractivity contribution in [3.8, 4) is 11.5 Å². The minimum Gasteiger partial charge on any atom is -0.454 e. The van der Waals surface area contributed by atoms with Crippen LogP contribution in [0, 0.1) is 5.92 Å². The fourth-order valence-corrected chi connectivity index (χ4v) is 5.84. The highest BCUT2D eigenvalue weighted by Crippen LogP contribution is 2.34. The van der Waals surface area contributed by atoms with Gasteiger partial charge in [0.1, 0.15) is 0 Å². The molecule has 2 amide bonds. The van der Waals surface area contributed by atoms with Crippen LogP contribution in [0.2, 0.25) is 0 Å². The average Bonchev–Trinajstić information content (AvgIpc) is 3.34. The van der Waals surface area contributed by atoms with Gasteiger partial charge in [0.05, 0.1) is 4.88 Å². The number of nitrogens with one attached hydrogen (secondary N) is 1. The van der Waals surface area contributed by atoms with Crippen LogP contribution in [0.4, 0.5) is 0 Å². The summed E-state index contributed by atoms with van der Waals surface area (Å²) in [7, 11) is 0. The van der Waals surface area contributed by atoms with Gasteiger partial charge in [0.15, 0.2) is 11.5 Å². The Kier molecular flexibility index (Phi) is 5.85. The SMILES string of the molecule is O=C(NCc1ccc2c(c1)OCO2)C1CCc2sc(C(=O)N3CCCCCC3)cc2C1. The summed E-state index contributed by atoms with van der Waals surface area (Å²) in [5.74, 6) is 1.68. The van der Waals surface area contributed by atoms with E-state index in [2.05, 4.69) is 5.32 Å². The number of carbonyl (C=O) groups excluding carboxylic acids is 2. The van der Waals surface area contributed by atoms with Gasteiger partial charge in [0, 0.05) is 30.4 Å². The maximum absolute atomic E-state index is 13.0. The maximum atomic E-state index is 13.0. The number of ether oxygens (including phenoxy) is 2. The van der Waals surface area contributed by atoms with Gasteiger partial charge in [-0.15, -0.1) is 11.3 Å². The molecule has 6 nitrogen and oxygen atoms in total. The second kappa shape index (κ2) is 8.91. The van der Waals surface area contributed by atoms with Crippen molar-refractivity contribution in [2.45, 2.75) is 51.5 Å². The first-order valence-electron chi connectivity index (χ1n) is 11.2. The van der Waals surface area contributed by atoms with E-state index < -0.39 is 0 Å². The first-order chi connectivity index (χ1) is 15.2. The van der Waals surface area contributed by atoms with Crippen LogP contribution in [0.5, 0.6) is 11.5 Å². The van der Waals surface area contributed by atoms with Gasteiger partial charge in [0.25, 0.3) is 5.91 Å². The molecule has 1 aromatic carbocycles. The summed E-state index contributed by atoms with van der Waals surface area (Å²) in [5.41, 5.74) is 2.17. The fourth-order valence-electron chi connectivity index (χ4n) is 4.67. The molecule has 0 spiro atoms. The first-order valence-corrected chi connectivity index (χ1v) is 12.1. The first kappa shape index (κ1) is 20.4. The molecule has 0 saturated carbocycles. The second-order valence-corrected chi connectivity index (χ2v) is 9.75. The van der Waals surface area contributed by atoms with E-state index in [0.717, 1.165) is 60.7 Å². The lowest BCUT2D eigenvalue weighted by atomic mass is 9.87. The Morgan fingerprint density at radius 3 is 2.71 bits per heavy atom. The molecule has 1 fully saturated rings. The highest BCUT2D eigenvalue weighted by molar-refractivity contribution is 7.14. The lowest BCUT2D eigenvalue weighted by molar-refractivity contribution is -0.125. The van der Waals surface area contributed by atoms with Gasteiger partial charge in [-0.25, -0.2) is 0 Å². The molecule has 1 aromatic heterocycles. The second-order valence-electron chi connectivity index (χ2n) is 8.61. The number of fused-ring (bicyclic) bond motifs is 2. The maximum Gasteiger partial charge on any atom is 0.263 e. The van der Waals surface area contributed by atoms with Crippen molar-refractivity contribution in [3.05, 3.63) is 45.1 Å². The van der Waals surface area contributed by atoms with Crippen molar-refractivity contribution < 1.29 is 19.1 Å². The molecule has 7 heteroatoms. The molecule has 0 bridgehead atoms. The van der Waals surface area contributed by atoms with Crippen molar-refractivity contribution in [2.75, 3.05) is 19.9 Å². The lowest BCUT2D eigenvalue weighted by Gasteiger charge is -2.21. The number of rotatable bonds is 4. The third kappa shape index (κ3) is 4.42. The quantitative estimate of drug-likeness (QED) is 0.783. The van der Waals surface area contributed by atoms with E-state index in [-0.39, 0.29) is 24.5 Å². The summed E-state index contributed by atoms with van der Waals surface area (Å²) in [6.07, 6.45) is 7.05. The van der Waals surface area contributed by atoms with E-state index in [1.165, 1.54) is 23.3 Å². The monoisotopic (exact) mass is 440 g/mol. The molecule has 1 N–H and O–H groups in total. The van der Waals surface area contributed by atoms with Gasteiger partial charge in [-0.1, -0.05) is 18.9 Å². The van der Waals surface area contributed by atoms with E-state index in [1.54, 1.807) is 11.3 Å². The summed E-state index contributed by atoms with van der Waals surface area (Å²) in [4.78, 5) is 29.9. The number of carbonyl (C=O) groups is 2. The molecule has 31 heavy (non-hydrogen) atoms. The van der Waals surface area contributed by atoms with Crippen LogP contribution in [0.25, 0.3) is 0 Å². The minimum absolute atomic E-state index is 0.0442. The molecule has 1 atom stereocenters. The average molecular weight is 441 g/mol. The lowest BCUT2D eigenvalue weighted by Crippen LogP contribution is -2.33. The Morgan fingerprint density at radius 1 is 1.06 bits per heavy atom. The van der Waals surface area contributed by atoms with Crippen molar-refractivity contribution in [1.29, 1.82) is 0 Å². The molecule has 3 aliphatic rings. The zero-order chi connectivity index (χ0) is 21.2. The molecule has 1 aliphatic carbocycles. The molecule has 164 valence electrons. The van der Waals surface area contributed by atoms with Crippen LogP contribution in [-0.4, -0.2) is 36.6 Å². The number of nitrogens with zero attached hydrogens (tertiary/aromatic N) is 1. The molecule has 2 aromatic rings. The number of aryl methyl sites for hydroxylation is 1. The van der Waals surface area contributed by atoms with Crippen molar-refractivity contribution >= 4 is 23.2 Å². The summed E-state index contributed by atoms with van der Waals surface area (Å²) in [6, 6.07) is 7.79. The van der Waals surface area contributed by atoms with E-state index in [1.807, 2.05) is 29.2 Å². The van der Waals surface area contributed by atoms with E-state index in [0.29, 0.717) is 13.0 Å². The molecule has 2 aliphatic heterocycles. The number of likely N-dealkylation sites (tertiary alicyclic amines) is 1. The van der Waals surface area contributed by atoms with Gasteiger partial charge < -0.3 is 19.7 Å². The molecule has 5 rings (SSSR count).